The van der Waals surface area contributed by atoms with Crippen molar-refractivity contribution < 1.29 is 19.6 Å². The molecule has 0 saturated heterocycles. The molecule has 0 aliphatic rings. The van der Waals surface area contributed by atoms with Crippen LogP contribution in [0.5, 0.6) is 5.75 Å². The van der Waals surface area contributed by atoms with Gasteiger partial charge in [-0.1, -0.05) is 40.2 Å². The first kappa shape index (κ1) is 21.7. The number of carboxylic acid groups (broad SMARTS) is 1. The Bertz CT molecular complexity index is 1210. The van der Waals surface area contributed by atoms with Gasteiger partial charge in [0.2, 0.25) is 0 Å². The fourth-order valence-corrected chi connectivity index (χ4v) is 3.19. The second kappa shape index (κ2) is 9.69. The van der Waals surface area contributed by atoms with Gasteiger partial charge in [0.05, 0.1) is 22.1 Å². The first-order chi connectivity index (χ1) is 14.9. The molecule has 3 rings (SSSR count). The van der Waals surface area contributed by atoms with E-state index < -0.39 is 10.9 Å². The van der Waals surface area contributed by atoms with Crippen molar-refractivity contribution in [3.8, 4) is 11.8 Å². The van der Waals surface area contributed by atoms with Crippen molar-refractivity contribution in [3.63, 3.8) is 0 Å². The van der Waals surface area contributed by atoms with Crippen LogP contribution < -0.4 is 4.74 Å². The van der Waals surface area contributed by atoms with Crippen LogP contribution >= 0.6 is 15.9 Å². The lowest BCUT2D eigenvalue weighted by Crippen LogP contribution is -1.98. The fraction of sp³-hybridized carbons (Fsp3) is 0.0435. The molecular formula is C23H15BrN2O5. The Hall–Kier alpha value is -3.96. The third-order valence-electron chi connectivity index (χ3n) is 4.35. The number of aromatic carboxylic acids is 1. The van der Waals surface area contributed by atoms with Crippen LogP contribution in [0.2, 0.25) is 0 Å². The summed E-state index contributed by atoms with van der Waals surface area (Å²) in [5.41, 5.74) is 2.26. The van der Waals surface area contributed by atoms with Gasteiger partial charge in [0.1, 0.15) is 12.4 Å². The van der Waals surface area contributed by atoms with E-state index in [0.717, 1.165) is 4.47 Å². The lowest BCUT2D eigenvalue weighted by atomic mass is 10.0. The van der Waals surface area contributed by atoms with Crippen LogP contribution in [0.4, 0.5) is 5.69 Å². The minimum absolute atomic E-state index is 0.0198. The van der Waals surface area contributed by atoms with Crippen LogP contribution in [-0.2, 0) is 6.61 Å². The van der Waals surface area contributed by atoms with Crippen LogP contribution in [0.1, 0.15) is 27.0 Å². The Labute approximate surface area is 186 Å². The average molecular weight is 479 g/mol. The number of hydrogen-bond donors (Lipinski definition) is 1. The molecule has 1 N–H and O–H groups in total. The van der Waals surface area contributed by atoms with Crippen molar-refractivity contribution in [2.45, 2.75) is 6.61 Å². The second-order valence-corrected chi connectivity index (χ2v) is 7.37. The number of hydrogen-bond acceptors (Lipinski definition) is 5. The summed E-state index contributed by atoms with van der Waals surface area (Å²) in [5.74, 6) is -0.553. The van der Waals surface area contributed by atoms with E-state index in [2.05, 4.69) is 22.0 Å². The van der Waals surface area contributed by atoms with E-state index in [4.69, 9.17) is 9.84 Å². The van der Waals surface area contributed by atoms with Gasteiger partial charge < -0.3 is 9.84 Å². The first-order valence-corrected chi connectivity index (χ1v) is 9.78. The summed E-state index contributed by atoms with van der Waals surface area (Å²) in [6.07, 6.45) is 1.64. The largest absolute Gasteiger partial charge is 0.488 e. The number of carboxylic acids is 1. The molecule has 7 nitrogen and oxygen atoms in total. The van der Waals surface area contributed by atoms with Gasteiger partial charge in [0.25, 0.3) is 5.69 Å². The number of nitriles is 1. The minimum Gasteiger partial charge on any atom is -0.488 e. The molecule has 31 heavy (non-hydrogen) atoms. The molecule has 0 atom stereocenters. The van der Waals surface area contributed by atoms with Crippen LogP contribution in [0.3, 0.4) is 0 Å². The Morgan fingerprint density at radius 3 is 2.48 bits per heavy atom. The Morgan fingerprint density at radius 2 is 1.84 bits per heavy atom. The third kappa shape index (κ3) is 5.56. The molecule has 0 aliphatic carbocycles. The Balaban J connectivity index is 1.89. The van der Waals surface area contributed by atoms with Gasteiger partial charge in [-0.15, -0.1) is 0 Å². The lowest BCUT2D eigenvalue weighted by Gasteiger charge is -2.11. The highest BCUT2D eigenvalue weighted by Gasteiger charge is 2.10. The zero-order chi connectivity index (χ0) is 22.4. The highest BCUT2D eigenvalue weighted by atomic mass is 79.9. The van der Waals surface area contributed by atoms with Crippen molar-refractivity contribution in [2.24, 2.45) is 0 Å². The molecule has 0 aliphatic heterocycles. The van der Waals surface area contributed by atoms with E-state index in [1.165, 1.54) is 24.3 Å². The summed E-state index contributed by atoms with van der Waals surface area (Å²) in [5, 5.41) is 29.6. The number of nitrogens with zero attached hydrogens (tertiary/aromatic N) is 2. The van der Waals surface area contributed by atoms with Gasteiger partial charge in [-0.2, -0.15) is 5.26 Å². The standard InChI is InChI=1S/C23H15BrN2O5/c24-20-8-9-22(31-14-15-2-1-3-21(10-15)26(29)30)18(12-20)11-19(13-25)16-4-6-17(7-5-16)23(27)28/h1-12H,14H2,(H,27,28). The molecule has 154 valence electrons. The zero-order valence-electron chi connectivity index (χ0n) is 16.0. The van der Waals surface area contributed by atoms with Gasteiger partial charge >= 0.3 is 5.97 Å². The summed E-state index contributed by atoms with van der Waals surface area (Å²) in [4.78, 5) is 21.5. The van der Waals surface area contributed by atoms with E-state index in [1.54, 1.807) is 48.5 Å². The third-order valence-corrected chi connectivity index (χ3v) is 4.84. The first-order valence-electron chi connectivity index (χ1n) is 8.98. The minimum atomic E-state index is -1.04. The van der Waals surface area contributed by atoms with Crippen LogP contribution in [0.15, 0.2) is 71.2 Å². The van der Waals surface area contributed by atoms with Crippen LogP contribution in [-0.4, -0.2) is 16.0 Å². The van der Waals surface area contributed by atoms with Gasteiger partial charge in [0, 0.05) is 22.2 Å². The highest BCUT2D eigenvalue weighted by molar-refractivity contribution is 9.10. The van der Waals surface area contributed by atoms with Gasteiger partial charge in [-0.3, -0.25) is 10.1 Å². The molecule has 0 saturated carbocycles. The SMILES string of the molecule is N#CC(=Cc1cc(Br)ccc1OCc1cccc([N+](=O)[O-])c1)c1ccc(C(=O)O)cc1. The van der Waals surface area contributed by atoms with Crippen molar-refractivity contribution in [2.75, 3.05) is 0 Å². The quantitative estimate of drug-likeness (QED) is 0.201. The van der Waals surface area contributed by atoms with Gasteiger partial charge in [-0.25, -0.2) is 4.79 Å². The van der Waals surface area contributed by atoms with Crippen molar-refractivity contribution in [1.82, 2.24) is 0 Å². The number of ether oxygens (including phenoxy) is 1. The number of benzene rings is 3. The Kier molecular flexibility index (Phi) is 6.80. The number of nitro groups is 1. The molecule has 0 amide bonds. The van der Waals surface area contributed by atoms with E-state index in [1.807, 2.05) is 0 Å². The van der Waals surface area contributed by atoms with E-state index >= 15 is 0 Å². The zero-order valence-corrected chi connectivity index (χ0v) is 17.6. The maximum Gasteiger partial charge on any atom is 0.335 e. The summed E-state index contributed by atoms with van der Waals surface area (Å²) in [6.45, 7) is 0.110. The lowest BCUT2D eigenvalue weighted by molar-refractivity contribution is -0.384. The van der Waals surface area contributed by atoms with Crippen molar-refractivity contribution >= 4 is 39.2 Å². The maximum atomic E-state index is 11.0. The molecule has 0 heterocycles. The molecule has 0 spiro atoms. The van der Waals surface area contributed by atoms with Crippen molar-refractivity contribution in [3.05, 3.63) is 104 Å². The molecule has 0 bridgehead atoms. The van der Waals surface area contributed by atoms with E-state index in [-0.39, 0.29) is 17.9 Å². The molecule has 8 heteroatoms. The predicted molar refractivity (Wildman–Crippen MR) is 118 cm³/mol. The molecule has 0 radical (unpaired) electrons. The van der Waals surface area contributed by atoms with E-state index in [9.17, 15) is 20.2 Å². The van der Waals surface area contributed by atoms with Crippen molar-refractivity contribution in [1.29, 1.82) is 5.26 Å². The topological polar surface area (TPSA) is 113 Å². The highest BCUT2D eigenvalue weighted by Crippen LogP contribution is 2.29. The number of nitro benzene ring substituents is 1. The molecule has 0 unspecified atom stereocenters. The van der Waals surface area contributed by atoms with Gasteiger partial charge in [0.15, 0.2) is 0 Å². The molecule has 3 aromatic rings. The number of carbonyl (C=O) groups is 1. The maximum absolute atomic E-state index is 11.0. The second-order valence-electron chi connectivity index (χ2n) is 6.45. The fourth-order valence-electron chi connectivity index (χ4n) is 2.81. The smallest absolute Gasteiger partial charge is 0.335 e. The normalized spacial score (nSPS) is 10.9. The van der Waals surface area contributed by atoms with E-state index in [0.29, 0.717) is 28.0 Å². The van der Waals surface area contributed by atoms with Crippen LogP contribution in [0.25, 0.3) is 11.6 Å². The molecule has 0 fully saturated rings. The number of rotatable bonds is 7. The monoisotopic (exact) mass is 478 g/mol. The van der Waals surface area contributed by atoms with Crippen LogP contribution in [0, 0.1) is 21.4 Å². The number of halogens is 1. The summed E-state index contributed by atoms with van der Waals surface area (Å²) < 4.78 is 6.65. The number of non-ortho nitro benzene ring substituents is 1. The molecule has 3 aromatic carbocycles. The molecule has 0 aromatic heterocycles. The average Bonchev–Trinajstić information content (AvgIpc) is 2.77. The summed E-state index contributed by atoms with van der Waals surface area (Å²) in [6, 6.07) is 19.6. The number of allylic oxidation sites excluding steroid dienone is 1. The Morgan fingerprint density at radius 1 is 1.13 bits per heavy atom. The molecular weight excluding hydrogens is 464 g/mol. The predicted octanol–water partition coefficient (Wildman–Crippen LogP) is 5.70. The summed E-state index contributed by atoms with van der Waals surface area (Å²) in [7, 11) is 0. The van der Waals surface area contributed by atoms with Gasteiger partial charge in [-0.05, 0) is 47.5 Å². The summed E-state index contributed by atoms with van der Waals surface area (Å²) >= 11 is 3.40.